The molecule has 2 aromatic heterocycles. The summed E-state index contributed by atoms with van der Waals surface area (Å²) in [6.45, 7) is 0.133. The summed E-state index contributed by atoms with van der Waals surface area (Å²) >= 11 is 0. The fourth-order valence-electron chi connectivity index (χ4n) is 3.87. The Hall–Kier alpha value is -4.66. The van der Waals surface area contributed by atoms with Crippen LogP contribution in [0.15, 0.2) is 69.8 Å². The molecule has 0 spiro atoms. The van der Waals surface area contributed by atoms with Crippen LogP contribution < -0.4 is 10.6 Å². The molecule has 0 fully saturated rings. The van der Waals surface area contributed by atoms with Crippen LogP contribution in [0.4, 0.5) is 6.01 Å². The Bertz CT molecular complexity index is 1570. The van der Waals surface area contributed by atoms with Crippen molar-refractivity contribution in [2.75, 3.05) is 19.0 Å². The highest BCUT2D eigenvalue weighted by atomic mass is 16.5. The maximum Gasteiger partial charge on any atom is 0.312 e. The van der Waals surface area contributed by atoms with Crippen molar-refractivity contribution in [1.82, 2.24) is 10.1 Å². The van der Waals surface area contributed by atoms with E-state index in [1.54, 1.807) is 24.5 Å². The van der Waals surface area contributed by atoms with Gasteiger partial charge < -0.3 is 24.3 Å². The van der Waals surface area contributed by atoms with E-state index in [-0.39, 0.29) is 18.9 Å². The number of nitrogen functional groups attached to an aromatic ring is 1. The van der Waals surface area contributed by atoms with Gasteiger partial charge in [-0.1, -0.05) is 41.6 Å². The molecule has 3 N–H and O–H groups in total. The number of esters is 1. The van der Waals surface area contributed by atoms with Gasteiger partial charge in [-0.15, -0.1) is 0 Å². The van der Waals surface area contributed by atoms with E-state index in [0.29, 0.717) is 28.2 Å². The molecule has 3 aromatic carbocycles. The van der Waals surface area contributed by atoms with Gasteiger partial charge in [-0.3, -0.25) is 10.2 Å². The van der Waals surface area contributed by atoms with E-state index >= 15 is 0 Å². The Morgan fingerprint density at radius 1 is 1.11 bits per heavy atom. The van der Waals surface area contributed by atoms with Crippen LogP contribution in [0.1, 0.15) is 16.8 Å². The Kier molecular flexibility index (Phi) is 5.66. The van der Waals surface area contributed by atoms with E-state index in [2.05, 4.69) is 10.1 Å². The summed E-state index contributed by atoms with van der Waals surface area (Å²) in [4.78, 5) is 18.9. The molecule has 9 nitrogen and oxygen atoms in total. The van der Waals surface area contributed by atoms with E-state index in [0.717, 1.165) is 27.6 Å². The summed E-state index contributed by atoms with van der Waals surface area (Å²) in [5.41, 5.74) is 9.58. The molecule has 9 heteroatoms. The summed E-state index contributed by atoms with van der Waals surface area (Å²) in [6.07, 6.45) is 1.61. The molecule has 0 aliphatic carbocycles. The first-order valence-corrected chi connectivity index (χ1v) is 10.9. The van der Waals surface area contributed by atoms with Crippen molar-refractivity contribution in [3.8, 4) is 11.3 Å². The van der Waals surface area contributed by atoms with Crippen molar-refractivity contribution in [3.05, 3.63) is 77.7 Å². The smallest absolute Gasteiger partial charge is 0.312 e. The Balaban J connectivity index is 1.30. The molecular formula is C26H23N5O4. The number of nitrogens with zero attached hydrogens (tertiary/aromatic N) is 3. The van der Waals surface area contributed by atoms with Crippen molar-refractivity contribution in [1.29, 1.82) is 5.41 Å². The maximum atomic E-state index is 12.6. The highest BCUT2D eigenvalue weighted by Gasteiger charge is 2.15. The third-order valence-electron chi connectivity index (χ3n) is 5.70. The first kappa shape index (κ1) is 22.1. The molecule has 0 radical (unpaired) electrons. The second kappa shape index (κ2) is 8.94. The van der Waals surface area contributed by atoms with Crippen LogP contribution in [0.2, 0.25) is 0 Å². The zero-order valence-electron chi connectivity index (χ0n) is 19.2. The predicted molar refractivity (Wildman–Crippen MR) is 132 cm³/mol. The molecule has 0 aliphatic heterocycles. The van der Waals surface area contributed by atoms with Crippen molar-refractivity contribution in [2.45, 2.75) is 13.0 Å². The van der Waals surface area contributed by atoms with Gasteiger partial charge in [0.2, 0.25) is 0 Å². The van der Waals surface area contributed by atoms with Crippen molar-refractivity contribution < 1.29 is 18.5 Å². The summed E-state index contributed by atoms with van der Waals surface area (Å²) in [5.74, 6) is -0.478. The lowest BCUT2D eigenvalue weighted by Crippen LogP contribution is -2.10. The predicted octanol–water partition coefficient (Wildman–Crippen LogP) is 4.27. The van der Waals surface area contributed by atoms with Gasteiger partial charge in [-0.05, 0) is 34.5 Å². The monoisotopic (exact) mass is 469 g/mol. The lowest BCUT2D eigenvalue weighted by atomic mass is 10.0. The van der Waals surface area contributed by atoms with Gasteiger partial charge in [0.1, 0.15) is 30.1 Å². The third-order valence-corrected chi connectivity index (χ3v) is 5.70. The number of rotatable bonds is 7. The van der Waals surface area contributed by atoms with Crippen LogP contribution in [-0.2, 0) is 22.6 Å². The molecule has 0 amide bonds. The van der Waals surface area contributed by atoms with Crippen LogP contribution in [0.5, 0.6) is 0 Å². The molecule has 176 valence electrons. The number of carbonyl (C=O) groups excluding carboxylic acids is 1. The van der Waals surface area contributed by atoms with E-state index in [1.807, 2.05) is 55.4 Å². The van der Waals surface area contributed by atoms with Gasteiger partial charge in [0.05, 0.1) is 6.42 Å². The van der Waals surface area contributed by atoms with E-state index in [1.165, 1.54) is 0 Å². The SMILES string of the molecule is CN(C)c1nc(-c2ccc3c(COC(=O)Cc4noc5cc(C(=N)N)ccc45)cccc3c2)co1. The minimum absolute atomic E-state index is 0.0261. The maximum absolute atomic E-state index is 12.6. The zero-order valence-corrected chi connectivity index (χ0v) is 19.2. The molecule has 0 saturated heterocycles. The number of anilines is 1. The normalized spacial score (nSPS) is 11.1. The number of amidine groups is 1. The Morgan fingerprint density at radius 2 is 1.94 bits per heavy atom. The van der Waals surface area contributed by atoms with Gasteiger partial charge in [0.15, 0.2) is 5.58 Å². The molecule has 2 heterocycles. The van der Waals surface area contributed by atoms with Crippen LogP contribution in [0.3, 0.4) is 0 Å². The highest BCUT2D eigenvalue weighted by Crippen LogP contribution is 2.28. The van der Waals surface area contributed by atoms with Crippen molar-refractivity contribution >= 4 is 39.6 Å². The van der Waals surface area contributed by atoms with E-state index in [9.17, 15) is 4.79 Å². The number of nitrogens with one attached hydrogen (secondary N) is 1. The molecular weight excluding hydrogens is 446 g/mol. The van der Waals surface area contributed by atoms with Gasteiger partial charge in [-0.2, -0.15) is 4.98 Å². The molecule has 0 bridgehead atoms. The van der Waals surface area contributed by atoms with E-state index in [4.69, 9.17) is 24.8 Å². The molecule has 0 unspecified atom stereocenters. The van der Waals surface area contributed by atoms with Crippen LogP contribution in [0, 0.1) is 5.41 Å². The minimum atomic E-state index is -0.414. The Labute approximate surface area is 200 Å². The lowest BCUT2D eigenvalue weighted by molar-refractivity contribution is -0.144. The number of hydrogen-bond donors (Lipinski definition) is 2. The topological polar surface area (TPSA) is 131 Å². The largest absolute Gasteiger partial charge is 0.460 e. The molecule has 0 atom stereocenters. The summed E-state index contributed by atoms with van der Waals surface area (Å²) in [6, 6.07) is 17.5. The highest BCUT2D eigenvalue weighted by molar-refractivity contribution is 5.98. The number of carbonyl (C=O) groups is 1. The number of fused-ring (bicyclic) bond motifs is 2. The quantitative estimate of drug-likeness (QED) is 0.205. The van der Waals surface area contributed by atoms with Crippen LogP contribution in [0.25, 0.3) is 33.0 Å². The van der Waals surface area contributed by atoms with Gasteiger partial charge >= 0.3 is 5.97 Å². The first-order valence-electron chi connectivity index (χ1n) is 10.9. The summed E-state index contributed by atoms with van der Waals surface area (Å²) in [7, 11) is 3.75. The summed E-state index contributed by atoms with van der Waals surface area (Å²) < 4.78 is 16.4. The molecule has 0 saturated carbocycles. The fraction of sp³-hybridized carbons (Fsp3) is 0.154. The number of nitrogens with two attached hydrogens (primary N) is 1. The lowest BCUT2D eigenvalue weighted by Gasteiger charge is -2.09. The van der Waals surface area contributed by atoms with E-state index < -0.39 is 5.97 Å². The average Bonchev–Trinajstić information content (AvgIpc) is 3.50. The number of oxazole rings is 1. The third kappa shape index (κ3) is 4.43. The van der Waals surface area contributed by atoms with Gasteiger partial charge in [-0.25, -0.2) is 0 Å². The van der Waals surface area contributed by atoms with Gasteiger partial charge in [0, 0.05) is 30.6 Å². The number of ether oxygens (including phenoxy) is 1. The van der Waals surface area contributed by atoms with Crippen LogP contribution in [-0.4, -0.2) is 36.0 Å². The second-order valence-corrected chi connectivity index (χ2v) is 8.35. The fourth-order valence-corrected chi connectivity index (χ4v) is 3.87. The molecule has 5 rings (SSSR count). The minimum Gasteiger partial charge on any atom is -0.460 e. The number of benzene rings is 3. The van der Waals surface area contributed by atoms with Crippen LogP contribution >= 0.6 is 0 Å². The first-order chi connectivity index (χ1) is 16.9. The Morgan fingerprint density at radius 3 is 2.71 bits per heavy atom. The van der Waals surface area contributed by atoms with Gasteiger partial charge in [0.25, 0.3) is 6.01 Å². The average molecular weight is 470 g/mol. The molecule has 5 aromatic rings. The molecule has 35 heavy (non-hydrogen) atoms. The zero-order chi connectivity index (χ0) is 24.5. The summed E-state index contributed by atoms with van der Waals surface area (Å²) in [5, 5.41) is 14.2. The second-order valence-electron chi connectivity index (χ2n) is 8.35. The number of aromatic nitrogens is 2. The van der Waals surface area contributed by atoms with Crippen molar-refractivity contribution in [3.63, 3.8) is 0 Å². The molecule has 0 aliphatic rings. The van der Waals surface area contributed by atoms with Crippen molar-refractivity contribution in [2.24, 2.45) is 5.73 Å². The number of hydrogen-bond acceptors (Lipinski definition) is 8. The standard InChI is InChI=1S/C26H23N5O4/c1-31(2)26-29-22(14-34-26)16-6-8-19-15(10-16)4-3-5-18(19)13-33-24(32)12-21-20-9-7-17(25(27)28)11-23(20)35-30-21/h3-11,14H,12-13H2,1-2H3,(H3,27,28).